The van der Waals surface area contributed by atoms with Crippen LogP contribution in [0.1, 0.15) is 18.9 Å². The first-order chi connectivity index (χ1) is 7.15. The fraction of sp³-hybridized carbons (Fsp3) is 0.500. The molecule has 0 aliphatic heterocycles. The third-order valence-electron chi connectivity index (χ3n) is 2.39. The third kappa shape index (κ3) is 3.38. The number of rotatable bonds is 6. The Morgan fingerprint density at radius 3 is 2.47 bits per heavy atom. The Kier molecular flexibility index (Phi) is 4.33. The molecule has 15 heavy (non-hydrogen) atoms. The highest BCUT2D eigenvalue weighted by atomic mass is 16.4. The Bertz CT molecular complexity index is 298. The molecule has 1 unspecified atom stereocenters. The van der Waals surface area contributed by atoms with Gasteiger partial charge in [0, 0.05) is 18.4 Å². The monoisotopic (exact) mass is 211 g/mol. The van der Waals surface area contributed by atoms with E-state index < -0.39 is 12.0 Å². The summed E-state index contributed by atoms with van der Waals surface area (Å²) >= 11 is 0. The summed E-state index contributed by atoms with van der Waals surface area (Å²) in [6.07, 6.45) is 4.93. The molecule has 1 aromatic heterocycles. The summed E-state index contributed by atoms with van der Waals surface area (Å²) in [4.78, 5) is 10.6. The first-order valence-electron chi connectivity index (χ1n) is 4.96. The highest BCUT2D eigenvalue weighted by Crippen LogP contribution is 2.17. The maximum atomic E-state index is 10.6. The van der Waals surface area contributed by atoms with E-state index in [4.69, 9.17) is 16.6 Å². The van der Waals surface area contributed by atoms with Crippen LogP contribution in [0.3, 0.4) is 0 Å². The van der Waals surface area contributed by atoms with Gasteiger partial charge in [-0.05, 0) is 31.5 Å². The zero-order valence-corrected chi connectivity index (χ0v) is 8.54. The van der Waals surface area contributed by atoms with E-state index >= 15 is 0 Å². The molecule has 5 N–H and O–H groups in total. The van der Waals surface area contributed by atoms with Gasteiger partial charge in [-0.2, -0.15) is 0 Å². The van der Waals surface area contributed by atoms with E-state index in [9.17, 15) is 4.79 Å². The van der Waals surface area contributed by atoms with Crippen LogP contribution in [0.2, 0.25) is 0 Å². The Morgan fingerprint density at radius 2 is 2.00 bits per heavy atom. The normalized spacial score (nSPS) is 14.8. The topological polar surface area (TPSA) is 94.3 Å². The lowest BCUT2D eigenvalue weighted by molar-refractivity contribution is -0.138. The summed E-state index contributed by atoms with van der Waals surface area (Å²) in [6, 6.07) is 3.03. The van der Waals surface area contributed by atoms with Gasteiger partial charge in [-0.25, -0.2) is 0 Å². The van der Waals surface area contributed by atoms with Crippen molar-refractivity contribution in [3.8, 4) is 0 Å². The van der Waals surface area contributed by atoms with Crippen LogP contribution in [0.4, 0.5) is 0 Å². The van der Waals surface area contributed by atoms with Gasteiger partial charge in [0.05, 0.1) is 0 Å². The fourth-order valence-electron chi connectivity index (χ4n) is 1.57. The van der Waals surface area contributed by atoms with Gasteiger partial charge in [-0.3, -0.25) is 4.79 Å². The molecule has 5 nitrogen and oxygen atoms in total. The van der Waals surface area contributed by atoms with E-state index in [2.05, 4.69) is 0 Å². The highest BCUT2D eigenvalue weighted by Gasteiger charge is 2.18. The van der Waals surface area contributed by atoms with Gasteiger partial charge < -0.3 is 21.1 Å². The van der Waals surface area contributed by atoms with E-state index in [-0.39, 0.29) is 6.04 Å². The minimum Gasteiger partial charge on any atom is -0.480 e. The maximum Gasteiger partial charge on any atom is 0.320 e. The number of hydrogen-bond acceptors (Lipinski definition) is 3. The van der Waals surface area contributed by atoms with Crippen LogP contribution in [0, 0.1) is 0 Å². The molecule has 5 heteroatoms. The predicted molar refractivity (Wildman–Crippen MR) is 57.4 cm³/mol. The van der Waals surface area contributed by atoms with Crippen molar-refractivity contribution in [3.63, 3.8) is 0 Å². The van der Waals surface area contributed by atoms with Gasteiger partial charge >= 0.3 is 5.97 Å². The smallest absolute Gasteiger partial charge is 0.320 e. The lowest BCUT2D eigenvalue weighted by atomic mass is 10.0. The lowest BCUT2D eigenvalue weighted by Crippen LogP contribution is -2.33. The molecular formula is C10H17N3O2. The molecule has 0 radical (unpaired) electrons. The summed E-state index contributed by atoms with van der Waals surface area (Å²) in [5.74, 6) is -0.968. The molecule has 0 spiro atoms. The van der Waals surface area contributed by atoms with E-state index in [0.29, 0.717) is 13.0 Å². The minimum atomic E-state index is -0.968. The first kappa shape index (κ1) is 11.7. The largest absolute Gasteiger partial charge is 0.480 e. The molecule has 1 aromatic rings. The molecule has 0 aliphatic carbocycles. The van der Waals surface area contributed by atoms with Crippen LogP contribution in [0.15, 0.2) is 24.5 Å². The maximum absolute atomic E-state index is 10.6. The van der Waals surface area contributed by atoms with Gasteiger partial charge in [-0.1, -0.05) is 0 Å². The van der Waals surface area contributed by atoms with Gasteiger partial charge in [-0.15, -0.1) is 0 Å². The molecule has 0 fully saturated rings. The number of aromatic nitrogens is 1. The second kappa shape index (κ2) is 5.53. The van der Waals surface area contributed by atoms with Crippen molar-refractivity contribution >= 4 is 5.97 Å². The Balaban J connectivity index is 2.63. The number of carboxylic acid groups (broad SMARTS) is 1. The van der Waals surface area contributed by atoms with Crippen molar-refractivity contribution < 1.29 is 9.90 Å². The molecule has 0 amide bonds. The lowest BCUT2D eigenvalue weighted by Gasteiger charge is -2.20. The van der Waals surface area contributed by atoms with Crippen molar-refractivity contribution in [1.29, 1.82) is 0 Å². The number of nitrogens with two attached hydrogens (primary N) is 2. The standard InChI is InChI=1S/C10H17N3O2/c11-4-3-8(7-9(12)10(14)15)13-5-1-2-6-13/h1-2,5-6,8-9H,3-4,7,11-12H2,(H,14,15)/t8?,9-/m0/s1. The van der Waals surface area contributed by atoms with Crippen LogP contribution in [-0.4, -0.2) is 28.2 Å². The molecule has 1 heterocycles. The minimum absolute atomic E-state index is 0.0658. The zero-order chi connectivity index (χ0) is 11.3. The molecule has 0 bridgehead atoms. The molecule has 84 valence electrons. The number of aliphatic carboxylic acids is 1. The molecule has 2 atom stereocenters. The summed E-state index contributed by atoms with van der Waals surface area (Å²) < 4.78 is 1.95. The van der Waals surface area contributed by atoms with Gasteiger partial charge in [0.1, 0.15) is 6.04 Å². The van der Waals surface area contributed by atoms with Crippen LogP contribution >= 0.6 is 0 Å². The molecular weight excluding hydrogens is 194 g/mol. The first-order valence-corrected chi connectivity index (χ1v) is 4.96. The van der Waals surface area contributed by atoms with E-state index in [1.165, 1.54) is 0 Å². The SMILES string of the molecule is NCCC(C[C@H](N)C(=O)O)n1cccc1. The van der Waals surface area contributed by atoms with Crippen molar-refractivity contribution in [2.75, 3.05) is 6.54 Å². The Hall–Kier alpha value is -1.33. The zero-order valence-electron chi connectivity index (χ0n) is 8.54. The second-order valence-electron chi connectivity index (χ2n) is 3.54. The summed E-state index contributed by atoms with van der Waals surface area (Å²) in [5.41, 5.74) is 11.0. The number of carbonyl (C=O) groups is 1. The van der Waals surface area contributed by atoms with Gasteiger partial charge in [0.2, 0.25) is 0 Å². The molecule has 0 aromatic carbocycles. The fourth-order valence-corrected chi connectivity index (χ4v) is 1.57. The quantitative estimate of drug-likeness (QED) is 0.625. The van der Waals surface area contributed by atoms with Crippen molar-refractivity contribution in [2.45, 2.75) is 24.9 Å². The Morgan fingerprint density at radius 1 is 1.40 bits per heavy atom. The summed E-state index contributed by atoms with van der Waals surface area (Å²) in [5, 5.41) is 8.73. The molecule has 0 saturated carbocycles. The number of hydrogen-bond donors (Lipinski definition) is 3. The van der Waals surface area contributed by atoms with Crippen LogP contribution in [0.5, 0.6) is 0 Å². The van der Waals surface area contributed by atoms with Gasteiger partial charge in [0.25, 0.3) is 0 Å². The predicted octanol–water partition coefficient (Wildman–Crippen LogP) is 0.180. The van der Waals surface area contributed by atoms with Crippen molar-refractivity contribution in [3.05, 3.63) is 24.5 Å². The number of nitrogens with zero attached hydrogens (tertiary/aromatic N) is 1. The van der Waals surface area contributed by atoms with Crippen LogP contribution in [0.25, 0.3) is 0 Å². The third-order valence-corrected chi connectivity index (χ3v) is 2.39. The van der Waals surface area contributed by atoms with E-state index in [1.54, 1.807) is 0 Å². The van der Waals surface area contributed by atoms with Gasteiger partial charge in [0.15, 0.2) is 0 Å². The second-order valence-corrected chi connectivity index (χ2v) is 3.54. The summed E-state index contributed by atoms with van der Waals surface area (Å²) in [6.45, 7) is 0.523. The average Bonchev–Trinajstić information content (AvgIpc) is 2.69. The number of carboxylic acids is 1. The van der Waals surface area contributed by atoms with Crippen molar-refractivity contribution in [2.24, 2.45) is 11.5 Å². The molecule has 0 aliphatic rings. The highest BCUT2D eigenvalue weighted by molar-refractivity contribution is 5.73. The summed E-state index contributed by atoms with van der Waals surface area (Å²) in [7, 11) is 0. The van der Waals surface area contributed by atoms with E-state index in [0.717, 1.165) is 6.42 Å². The average molecular weight is 211 g/mol. The van der Waals surface area contributed by atoms with Crippen LogP contribution in [-0.2, 0) is 4.79 Å². The van der Waals surface area contributed by atoms with Crippen LogP contribution < -0.4 is 11.5 Å². The molecule has 1 rings (SSSR count). The molecule has 0 saturated heterocycles. The van der Waals surface area contributed by atoms with Crippen molar-refractivity contribution in [1.82, 2.24) is 4.57 Å². The Labute approximate surface area is 88.7 Å². The van der Waals surface area contributed by atoms with E-state index in [1.807, 2.05) is 29.1 Å².